The zero-order valence-electron chi connectivity index (χ0n) is 23.5. The molecule has 4 rings (SSSR count). The molecule has 0 heterocycles. The van der Waals surface area contributed by atoms with Crippen LogP contribution < -0.4 is 0 Å². The number of fused-ring (bicyclic) bond motifs is 5. The molecule has 0 aromatic heterocycles. The van der Waals surface area contributed by atoms with Crippen LogP contribution in [0, 0.1) is 39.4 Å². The molecule has 3 unspecified atom stereocenters. The average Bonchev–Trinajstić information content (AvgIpc) is 2.96. The van der Waals surface area contributed by atoms with Gasteiger partial charge in [-0.3, -0.25) is 14.4 Å². The van der Waals surface area contributed by atoms with Crippen molar-refractivity contribution in [2.45, 2.75) is 104 Å². The van der Waals surface area contributed by atoms with Crippen molar-refractivity contribution in [1.29, 1.82) is 0 Å². The number of carbonyl (C=O) groups excluding carboxylic acids is 3. The van der Waals surface area contributed by atoms with E-state index < -0.39 is 56.8 Å². The van der Waals surface area contributed by atoms with E-state index >= 15 is 0 Å². The molecule has 0 aromatic rings. The van der Waals surface area contributed by atoms with Gasteiger partial charge in [0.2, 0.25) is 0 Å². The summed E-state index contributed by atoms with van der Waals surface area (Å²) in [6.07, 6.45) is 3.49. The second-order valence-electron chi connectivity index (χ2n) is 14.3. The molecule has 4 aliphatic carbocycles. The third-order valence-electron chi connectivity index (χ3n) is 11.2. The van der Waals surface area contributed by atoms with Gasteiger partial charge in [-0.1, -0.05) is 52.3 Å². The molecule has 3 fully saturated rings. The summed E-state index contributed by atoms with van der Waals surface area (Å²) >= 11 is 0. The molecule has 0 bridgehead atoms. The first kappa shape index (κ1) is 28.3. The summed E-state index contributed by atoms with van der Waals surface area (Å²) in [5.74, 6) is -2.34. The first-order valence-electron chi connectivity index (χ1n) is 13.5. The van der Waals surface area contributed by atoms with Crippen LogP contribution in [0.5, 0.6) is 0 Å². The zero-order valence-corrected chi connectivity index (χ0v) is 23.5. The van der Waals surface area contributed by atoms with Gasteiger partial charge in [-0.2, -0.15) is 0 Å². The van der Waals surface area contributed by atoms with E-state index in [1.807, 2.05) is 27.7 Å². The van der Waals surface area contributed by atoms with Crippen LogP contribution in [0.3, 0.4) is 0 Å². The van der Waals surface area contributed by atoms with Gasteiger partial charge in [0.15, 0.2) is 11.6 Å². The van der Waals surface area contributed by atoms with Crippen molar-refractivity contribution in [3.05, 3.63) is 23.8 Å². The molecule has 0 amide bonds. The molecular weight excluding hydrogens is 472 g/mol. The van der Waals surface area contributed by atoms with Gasteiger partial charge in [0.1, 0.15) is 17.5 Å². The average molecular weight is 517 g/mol. The minimum atomic E-state index is -1.95. The van der Waals surface area contributed by atoms with Crippen molar-refractivity contribution in [1.82, 2.24) is 0 Å². The molecule has 4 N–H and O–H groups in total. The normalized spacial score (nSPS) is 45.1. The lowest BCUT2D eigenvalue weighted by atomic mass is 9.38. The molecule has 0 saturated heterocycles. The Morgan fingerprint density at radius 1 is 1.03 bits per heavy atom. The maximum Gasteiger partial charge on any atom is 0.187 e. The van der Waals surface area contributed by atoms with Crippen LogP contribution in [0.1, 0.15) is 81.1 Å². The minimum absolute atomic E-state index is 0.0255. The van der Waals surface area contributed by atoms with Gasteiger partial charge in [-0.25, -0.2) is 0 Å². The van der Waals surface area contributed by atoms with Crippen LogP contribution in [0.15, 0.2) is 23.8 Å². The summed E-state index contributed by atoms with van der Waals surface area (Å²) in [6.45, 7) is 14.1. The van der Waals surface area contributed by atoms with Gasteiger partial charge >= 0.3 is 0 Å². The fourth-order valence-corrected chi connectivity index (χ4v) is 8.95. The fourth-order valence-electron chi connectivity index (χ4n) is 8.95. The van der Waals surface area contributed by atoms with E-state index in [0.717, 1.165) is 11.6 Å². The Labute approximate surface area is 220 Å². The number of aliphatic hydroxyl groups is 4. The Morgan fingerprint density at radius 3 is 2.19 bits per heavy atom. The Bertz CT molecular complexity index is 1090. The van der Waals surface area contributed by atoms with E-state index in [0.29, 0.717) is 12.8 Å². The predicted octanol–water partition coefficient (Wildman–Crippen LogP) is 2.93. The van der Waals surface area contributed by atoms with Gasteiger partial charge in [-0.05, 0) is 62.4 Å². The predicted molar refractivity (Wildman–Crippen MR) is 138 cm³/mol. The summed E-state index contributed by atoms with van der Waals surface area (Å²) in [7, 11) is 0. The summed E-state index contributed by atoms with van der Waals surface area (Å²) in [5.41, 5.74) is -5.36. The van der Waals surface area contributed by atoms with Crippen LogP contribution in [-0.2, 0) is 14.4 Å². The number of aliphatic hydroxyl groups excluding tert-OH is 2. The number of allylic oxidation sites excluding steroid dienone is 1. The fraction of sp³-hybridized carbons (Fsp3) is 0.767. The van der Waals surface area contributed by atoms with Crippen molar-refractivity contribution in [2.75, 3.05) is 0 Å². The summed E-state index contributed by atoms with van der Waals surface area (Å²) in [4.78, 5) is 40.3. The van der Waals surface area contributed by atoms with Crippen LogP contribution in [0.25, 0.3) is 0 Å². The molecule has 4 aliphatic rings. The van der Waals surface area contributed by atoms with Crippen LogP contribution >= 0.6 is 0 Å². The number of rotatable bonds is 4. The number of ketones is 3. The Morgan fingerprint density at radius 2 is 1.62 bits per heavy atom. The molecule has 37 heavy (non-hydrogen) atoms. The van der Waals surface area contributed by atoms with Crippen LogP contribution in [0.4, 0.5) is 0 Å². The van der Waals surface area contributed by atoms with E-state index in [1.54, 1.807) is 0 Å². The van der Waals surface area contributed by atoms with Gasteiger partial charge < -0.3 is 20.4 Å². The lowest BCUT2D eigenvalue weighted by molar-refractivity contribution is -0.183. The molecule has 7 nitrogen and oxygen atoms in total. The van der Waals surface area contributed by atoms with E-state index in [-0.39, 0.29) is 36.2 Å². The lowest BCUT2D eigenvalue weighted by Gasteiger charge is -2.64. The smallest absolute Gasteiger partial charge is 0.187 e. The van der Waals surface area contributed by atoms with Gasteiger partial charge in [0.25, 0.3) is 0 Å². The third-order valence-corrected chi connectivity index (χ3v) is 11.2. The van der Waals surface area contributed by atoms with Gasteiger partial charge in [0.05, 0.1) is 11.7 Å². The highest BCUT2D eigenvalue weighted by atomic mass is 16.3. The standard InChI is InChI=1S/C30H44O7/c1-25(2,36)12-11-21(33)30(8,37)23-19(32)14-27(5)20-10-9-16-17(13-18(31)24(35)26(16,3)4)29(20,7)22(34)15-28(23,27)6/h9,11-12,17,19-20,23-24,32,35-37H,10,13-15H2,1-8H3/b12-11+/t17?,19-,20?,23+,24?,27+,28-,29+,30+/m0/s1. The maximum absolute atomic E-state index is 14.2. The van der Waals surface area contributed by atoms with E-state index in [9.17, 15) is 34.8 Å². The first-order valence-corrected chi connectivity index (χ1v) is 13.5. The molecule has 7 heteroatoms. The van der Waals surface area contributed by atoms with Crippen molar-refractivity contribution in [3.63, 3.8) is 0 Å². The van der Waals surface area contributed by atoms with Crippen LogP contribution in [-0.4, -0.2) is 61.2 Å². The number of Topliss-reactive ketones (excluding diaryl/α,β-unsaturated/α-hetero) is 2. The Balaban J connectivity index is 1.80. The third kappa shape index (κ3) is 3.71. The number of hydrogen-bond acceptors (Lipinski definition) is 7. The van der Waals surface area contributed by atoms with Crippen molar-refractivity contribution in [2.24, 2.45) is 39.4 Å². The van der Waals surface area contributed by atoms with Gasteiger partial charge in [0, 0.05) is 29.6 Å². The highest BCUT2D eigenvalue weighted by Crippen LogP contribution is 2.74. The molecule has 3 saturated carbocycles. The Hall–Kier alpha value is -1.67. The van der Waals surface area contributed by atoms with E-state index in [4.69, 9.17) is 0 Å². The second kappa shape index (κ2) is 8.17. The van der Waals surface area contributed by atoms with E-state index in [2.05, 4.69) is 13.0 Å². The highest BCUT2D eigenvalue weighted by molar-refractivity contribution is 5.97. The highest BCUT2D eigenvalue weighted by Gasteiger charge is 2.74. The Kier molecular flexibility index (Phi) is 6.26. The zero-order chi connectivity index (χ0) is 28.1. The molecule has 9 atom stereocenters. The van der Waals surface area contributed by atoms with Crippen LogP contribution in [0.2, 0.25) is 0 Å². The summed E-state index contributed by atoms with van der Waals surface area (Å²) in [6, 6.07) is 0. The minimum Gasteiger partial charge on any atom is -0.393 e. The summed E-state index contributed by atoms with van der Waals surface area (Å²) < 4.78 is 0. The maximum atomic E-state index is 14.2. The lowest BCUT2D eigenvalue weighted by Crippen LogP contribution is -2.65. The van der Waals surface area contributed by atoms with Crippen molar-refractivity contribution >= 4 is 17.3 Å². The number of carbonyl (C=O) groups is 3. The number of hydrogen-bond donors (Lipinski definition) is 4. The summed E-state index contributed by atoms with van der Waals surface area (Å²) in [5, 5.41) is 43.7. The molecule has 206 valence electrons. The molecular formula is C30H44O7. The van der Waals surface area contributed by atoms with E-state index in [1.165, 1.54) is 26.8 Å². The first-order chi connectivity index (χ1) is 16.7. The van der Waals surface area contributed by atoms with Crippen molar-refractivity contribution < 1.29 is 34.8 Å². The SMILES string of the molecule is CC(C)(O)/C=C/C(=O)[C@@](C)(O)[C@@H]1[C@@H](O)C[C@]2(C)C3CC=C4C(CC(=O)C(O)C4(C)C)[C@@]3(C)C(=O)C[C@@]12C. The largest absolute Gasteiger partial charge is 0.393 e. The molecule has 0 spiro atoms. The molecule has 0 aromatic carbocycles. The second-order valence-corrected chi connectivity index (χ2v) is 14.3. The topological polar surface area (TPSA) is 132 Å². The molecule has 0 aliphatic heterocycles. The molecule has 0 radical (unpaired) electrons. The van der Waals surface area contributed by atoms with Gasteiger partial charge in [-0.15, -0.1) is 0 Å². The van der Waals surface area contributed by atoms with Crippen molar-refractivity contribution in [3.8, 4) is 0 Å². The monoisotopic (exact) mass is 516 g/mol. The quantitative estimate of drug-likeness (QED) is 0.334.